The Morgan fingerprint density at radius 2 is 1.67 bits per heavy atom. The summed E-state index contributed by atoms with van der Waals surface area (Å²) >= 11 is 6.44. The van der Waals surface area contributed by atoms with E-state index in [1.165, 1.54) is 0 Å². The molecular formula is C17H26ClNO2. The molecule has 0 radical (unpaired) electrons. The Balaban J connectivity index is 2.27. The molecule has 2 N–H and O–H groups in total. The van der Waals surface area contributed by atoms with E-state index in [-0.39, 0.29) is 6.04 Å². The zero-order valence-corrected chi connectivity index (χ0v) is 13.8. The molecule has 0 spiro atoms. The number of ether oxygens (including phenoxy) is 2. The predicted molar refractivity (Wildman–Crippen MR) is 87.3 cm³/mol. The van der Waals surface area contributed by atoms with Crippen molar-refractivity contribution < 1.29 is 9.47 Å². The fourth-order valence-electron chi connectivity index (χ4n) is 2.95. The highest BCUT2D eigenvalue weighted by atomic mass is 35.5. The van der Waals surface area contributed by atoms with Gasteiger partial charge in [-0.3, -0.25) is 0 Å². The van der Waals surface area contributed by atoms with Crippen LogP contribution >= 0.6 is 11.6 Å². The zero-order chi connectivity index (χ0) is 15.2. The summed E-state index contributed by atoms with van der Waals surface area (Å²) in [6.07, 6.45) is 5.42. The lowest BCUT2D eigenvalue weighted by molar-refractivity contribution is 0.296. The van der Waals surface area contributed by atoms with Crippen LogP contribution in [-0.2, 0) is 0 Å². The maximum Gasteiger partial charge on any atom is 0.162 e. The summed E-state index contributed by atoms with van der Waals surface area (Å²) in [6.45, 7) is 5.75. The van der Waals surface area contributed by atoms with Gasteiger partial charge in [0.2, 0.25) is 0 Å². The number of hydrogen-bond donors (Lipinski definition) is 1. The van der Waals surface area contributed by atoms with Crippen LogP contribution in [0.5, 0.6) is 11.5 Å². The summed E-state index contributed by atoms with van der Waals surface area (Å²) in [5.41, 5.74) is 7.48. The van der Waals surface area contributed by atoms with E-state index in [1.54, 1.807) is 0 Å². The molecule has 0 fully saturated rings. The normalized spacial score (nSPS) is 15.9. The molecule has 1 aliphatic heterocycles. The average molecular weight is 312 g/mol. The van der Waals surface area contributed by atoms with E-state index in [9.17, 15) is 0 Å². The van der Waals surface area contributed by atoms with Gasteiger partial charge in [0, 0.05) is 23.6 Å². The number of rotatable bonds is 6. The molecule has 2 rings (SSSR count). The van der Waals surface area contributed by atoms with Gasteiger partial charge in [0.05, 0.1) is 13.2 Å². The molecule has 1 heterocycles. The molecule has 0 amide bonds. The molecule has 0 aromatic heterocycles. The molecule has 0 aliphatic carbocycles. The Morgan fingerprint density at radius 3 is 2.24 bits per heavy atom. The van der Waals surface area contributed by atoms with Gasteiger partial charge in [-0.25, -0.2) is 0 Å². The van der Waals surface area contributed by atoms with Crippen molar-refractivity contribution in [3.05, 3.63) is 22.7 Å². The van der Waals surface area contributed by atoms with Crippen LogP contribution in [0, 0.1) is 5.92 Å². The standard InChI is InChI=1S/C17H26ClNO2/c1-3-6-12(7-4-2)17(19)13-10-15-16(11-14(13)18)21-9-5-8-20-15/h10-12,17H,3-9,19H2,1-2H3. The minimum atomic E-state index is -0.0467. The highest BCUT2D eigenvalue weighted by Gasteiger charge is 2.23. The summed E-state index contributed by atoms with van der Waals surface area (Å²) in [5, 5.41) is 0.684. The van der Waals surface area contributed by atoms with Crippen molar-refractivity contribution in [2.24, 2.45) is 11.7 Å². The fraction of sp³-hybridized carbons (Fsp3) is 0.647. The molecule has 1 aromatic carbocycles. The van der Waals surface area contributed by atoms with Crippen LogP contribution in [0.15, 0.2) is 12.1 Å². The molecule has 0 saturated carbocycles. The Morgan fingerprint density at radius 1 is 1.10 bits per heavy atom. The van der Waals surface area contributed by atoms with Crippen molar-refractivity contribution in [2.45, 2.75) is 52.0 Å². The van der Waals surface area contributed by atoms with Gasteiger partial charge in [-0.05, 0) is 30.4 Å². The van der Waals surface area contributed by atoms with Crippen LogP contribution in [0.25, 0.3) is 0 Å². The number of nitrogens with two attached hydrogens (primary N) is 1. The Kier molecular flexibility index (Phi) is 6.19. The highest BCUT2D eigenvalue weighted by molar-refractivity contribution is 6.31. The van der Waals surface area contributed by atoms with Gasteiger partial charge in [-0.15, -0.1) is 0 Å². The largest absolute Gasteiger partial charge is 0.490 e. The van der Waals surface area contributed by atoms with Gasteiger partial charge in [-0.1, -0.05) is 38.3 Å². The maximum absolute atomic E-state index is 6.50. The molecule has 3 nitrogen and oxygen atoms in total. The molecule has 0 bridgehead atoms. The summed E-state index contributed by atoms with van der Waals surface area (Å²) in [4.78, 5) is 0. The van der Waals surface area contributed by atoms with Gasteiger partial charge >= 0.3 is 0 Å². The second-order valence-corrected chi connectivity index (χ2v) is 6.14. The minimum Gasteiger partial charge on any atom is -0.490 e. The maximum atomic E-state index is 6.50. The van der Waals surface area contributed by atoms with Crippen LogP contribution < -0.4 is 15.2 Å². The van der Waals surface area contributed by atoms with Crippen molar-refractivity contribution in [1.82, 2.24) is 0 Å². The molecular weight excluding hydrogens is 286 g/mol. The topological polar surface area (TPSA) is 44.5 Å². The second-order valence-electron chi connectivity index (χ2n) is 5.73. The van der Waals surface area contributed by atoms with Gasteiger partial charge in [0.15, 0.2) is 11.5 Å². The third-order valence-electron chi connectivity index (χ3n) is 4.05. The van der Waals surface area contributed by atoms with E-state index < -0.39 is 0 Å². The van der Waals surface area contributed by atoms with E-state index >= 15 is 0 Å². The fourth-order valence-corrected chi connectivity index (χ4v) is 3.23. The van der Waals surface area contributed by atoms with Gasteiger partial charge in [-0.2, -0.15) is 0 Å². The summed E-state index contributed by atoms with van der Waals surface area (Å²) in [7, 11) is 0. The van der Waals surface area contributed by atoms with Crippen molar-refractivity contribution in [3.63, 3.8) is 0 Å². The van der Waals surface area contributed by atoms with Crippen molar-refractivity contribution >= 4 is 11.6 Å². The van der Waals surface area contributed by atoms with Crippen LogP contribution in [0.4, 0.5) is 0 Å². The molecule has 1 unspecified atom stereocenters. The molecule has 21 heavy (non-hydrogen) atoms. The summed E-state index contributed by atoms with van der Waals surface area (Å²) in [5.74, 6) is 1.97. The molecule has 1 aliphatic rings. The Bertz CT molecular complexity index is 458. The second kappa shape index (κ2) is 7.90. The van der Waals surface area contributed by atoms with Gasteiger partial charge < -0.3 is 15.2 Å². The quantitative estimate of drug-likeness (QED) is 0.827. The van der Waals surface area contributed by atoms with E-state index in [4.69, 9.17) is 26.8 Å². The lowest BCUT2D eigenvalue weighted by Crippen LogP contribution is -2.22. The number of halogens is 1. The predicted octanol–water partition coefficient (Wildman–Crippen LogP) is 4.72. The number of fused-ring (bicyclic) bond motifs is 1. The number of benzene rings is 1. The van der Waals surface area contributed by atoms with Crippen molar-refractivity contribution in [1.29, 1.82) is 0 Å². The lowest BCUT2D eigenvalue weighted by Gasteiger charge is -2.25. The first-order chi connectivity index (χ1) is 10.2. The van der Waals surface area contributed by atoms with Gasteiger partial charge in [0.25, 0.3) is 0 Å². The van der Waals surface area contributed by atoms with E-state index in [0.29, 0.717) is 24.2 Å². The molecule has 118 valence electrons. The van der Waals surface area contributed by atoms with Crippen molar-refractivity contribution in [2.75, 3.05) is 13.2 Å². The average Bonchev–Trinajstić information content (AvgIpc) is 2.70. The molecule has 4 heteroatoms. The molecule has 1 aromatic rings. The minimum absolute atomic E-state index is 0.0467. The van der Waals surface area contributed by atoms with E-state index in [1.807, 2.05) is 12.1 Å². The summed E-state index contributed by atoms with van der Waals surface area (Å²) in [6, 6.07) is 3.78. The van der Waals surface area contributed by atoms with Crippen LogP contribution in [0.2, 0.25) is 5.02 Å². The molecule has 0 saturated heterocycles. The third kappa shape index (κ3) is 4.04. The Hall–Kier alpha value is -0.930. The smallest absolute Gasteiger partial charge is 0.162 e. The first-order valence-corrected chi connectivity index (χ1v) is 8.39. The van der Waals surface area contributed by atoms with Gasteiger partial charge in [0.1, 0.15) is 0 Å². The van der Waals surface area contributed by atoms with Crippen LogP contribution in [0.3, 0.4) is 0 Å². The SMILES string of the molecule is CCCC(CCC)C(N)c1cc2c(cc1Cl)OCCCO2. The number of hydrogen-bond acceptors (Lipinski definition) is 3. The Labute approximate surface area is 132 Å². The first kappa shape index (κ1) is 16.4. The third-order valence-corrected chi connectivity index (χ3v) is 4.38. The zero-order valence-electron chi connectivity index (χ0n) is 13.0. The lowest BCUT2D eigenvalue weighted by atomic mass is 9.86. The van der Waals surface area contributed by atoms with Crippen LogP contribution in [-0.4, -0.2) is 13.2 Å². The van der Waals surface area contributed by atoms with Crippen LogP contribution in [0.1, 0.15) is 57.6 Å². The monoisotopic (exact) mass is 311 g/mol. The summed E-state index contributed by atoms with van der Waals surface area (Å²) < 4.78 is 11.4. The van der Waals surface area contributed by atoms with E-state index in [2.05, 4.69) is 13.8 Å². The molecule has 1 atom stereocenters. The van der Waals surface area contributed by atoms with Crippen molar-refractivity contribution in [3.8, 4) is 11.5 Å². The van der Waals surface area contributed by atoms with E-state index in [0.717, 1.165) is 49.2 Å². The highest BCUT2D eigenvalue weighted by Crippen LogP contribution is 2.39. The first-order valence-electron chi connectivity index (χ1n) is 8.02.